The topological polar surface area (TPSA) is 9.23 Å². The largest absolute Gasteiger partial charge is 0.494 e. The number of ether oxygens (including phenoxy) is 1. The monoisotopic (exact) mass is 362 g/mol. The minimum atomic E-state index is -4.43. The van der Waals surface area contributed by atoms with Crippen molar-refractivity contribution in [2.24, 2.45) is 0 Å². The molecule has 0 bridgehead atoms. The van der Waals surface area contributed by atoms with Gasteiger partial charge in [-0.1, -0.05) is 19.1 Å². The molecule has 0 radical (unpaired) electrons. The second-order valence-electron chi connectivity index (χ2n) is 5.12. The molecule has 0 N–H and O–H groups in total. The molecule has 0 heterocycles. The summed E-state index contributed by atoms with van der Waals surface area (Å²) >= 11 is -0.146. The van der Waals surface area contributed by atoms with E-state index in [1.54, 1.807) is 0 Å². The molecule has 0 spiro atoms. The summed E-state index contributed by atoms with van der Waals surface area (Å²) in [5.41, 5.74) is -1.70. The van der Waals surface area contributed by atoms with Gasteiger partial charge in [0.2, 0.25) is 0 Å². The third kappa shape index (κ3) is 3.66. The van der Waals surface area contributed by atoms with E-state index in [1.165, 1.54) is 12.1 Å². The van der Waals surface area contributed by atoms with E-state index in [-0.39, 0.29) is 17.0 Å². The van der Waals surface area contributed by atoms with Crippen LogP contribution < -0.4 is 4.74 Å². The zero-order valence-corrected chi connectivity index (χ0v) is 13.6. The Balaban J connectivity index is 2.28. The van der Waals surface area contributed by atoms with Gasteiger partial charge in [-0.15, -0.1) is 0 Å². The Morgan fingerprint density at radius 1 is 0.833 bits per heavy atom. The maximum Gasteiger partial charge on any atom is 0.339 e. The van der Waals surface area contributed by atoms with Crippen molar-refractivity contribution < 1.29 is 26.2 Å². The molecule has 24 heavy (non-hydrogen) atoms. The first-order chi connectivity index (χ1) is 11.3. The lowest BCUT2D eigenvalue weighted by Gasteiger charge is -2.27. The summed E-state index contributed by atoms with van der Waals surface area (Å²) in [7, 11) is 0. The molecule has 0 aliphatic carbocycles. The molecule has 0 aromatic heterocycles. The van der Waals surface area contributed by atoms with Crippen molar-refractivity contribution in [3.8, 4) is 5.75 Å². The van der Waals surface area contributed by atoms with Gasteiger partial charge in [-0.3, -0.25) is 0 Å². The summed E-state index contributed by atoms with van der Waals surface area (Å²) < 4.78 is 74.8. The van der Waals surface area contributed by atoms with E-state index in [1.807, 2.05) is 6.92 Å². The Morgan fingerprint density at radius 2 is 1.29 bits per heavy atom. The van der Waals surface area contributed by atoms with Crippen LogP contribution in [-0.2, 0) is 11.8 Å². The van der Waals surface area contributed by atoms with Gasteiger partial charge in [0.05, 0.1) is 18.8 Å². The van der Waals surface area contributed by atoms with Crippen LogP contribution in [-0.4, -0.2) is 6.61 Å². The van der Waals surface area contributed by atoms with Gasteiger partial charge in [-0.2, -0.15) is 21.4 Å². The fourth-order valence-electron chi connectivity index (χ4n) is 2.06. The van der Waals surface area contributed by atoms with Gasteiger partial charge in [-0.25, -0.2) is 0 Å². The lowest BCUT2D eigenvalue weighted by atomic mass is 9.96. The van der Waals surface area contributed by atoms with Crippen molar-refractivity contribution in [1.82, 2.24) is 0 Å². The van der Waals surface area contributed by atoms with Gasteiger partial charge >= 0.3 is 11.8 Å². The Hall–Kier alpha value is -1.76. The van der Waals surface area contributed by atoms with E-state index in [2.05, 4.69) is 0 Å². The first-order valence-electron chi connectivity index (χ1n) is 7.21. The minimum absolute atomic E-state index is 0.0651. The summed E-state index contributed by atoms with van der Waals surface area (Å²) in [5.74, 6) is -8.51. The highest BCUT2D eigenvalue weighted by molar-refractivity contribution is 7.94. The molecule has 1 nitrogen and oxygen atoms in total. The molecule has 0 aliphatic heterocycles. The zero-order chi connectivity index (χ0) is 17.8. The number of hydrogen-bond acceptors (Lipinski definition) is 2. The van der Waals surface area contributed by atoms with Gasteiger partial charge < -0.3 is 4.74 Å². The average Bonchev–Trinajstić information content (AvgIpc) is 2.60. The van der Waals surface area contributed by atoms with Crippen LogP contribution in [0, 0.1) is 0 Å². The molecule has 2 aromatic rings. The van der Waals surface area contributed by atoms with E-state index in [0.29, 0.717) is 12.4 Å². The zero-order valence-electron chi connectivity index (χ0n) is 12.7. The second-order valence-corrected chi connectivity index (χ2v) is 5.75. The maximum absolute atomic E-state index is 14.3. The number of alkyl halides is 4. The van der Waals surface area contributed by atoms with E-state index in [0.717, 1.165) is 42.8 Å². The Morgan fingerprint density at radius 3 is 1.71 bits per heavy atom. The van der Waals surface area contributed by atoms with Gasteiger partial charge in [0, 0.05) is 16.0 Å². The minimum Gasteiger partial charge on any atom is -0.494 e. The van der Waals surface area contributed by atoms with Crippen LogP contribution in [0.2, 0.25) is 0 Å². The third-order valence-corrected chi connectivity index (χ3v) is 3.84. The summed E-state index contributed by atoms with van der Waals surface area (Å²) in [6, 6.07) is 7.98. The highest BCUT2D eigenvalue weighted by Gasteiger charge is 2.58. The molecule has 0 unspecified atom stereocenters. The van der Waals surface area contributed by atoms with E-state index >= 15 is 0 Å². The van der Waals surface area contributed by atoms with Crippen molar-refractivity contribution in [3.05, 3.63) is 59.7 Å². The van der Waals surface area contributed by atoms with Gasteiger partial charge in [-0.05, 0) is 42.8 Å². The molecule has 0 saturated heterocycles. The van der Waals surface area contributed by atoms with Crippen LogP contribution in [0.1, 0.15) is 24.5 Å². The van der Waals surface area contributed by atoms with Crippen molar-refractivity contribution in [3.63, 3.8) is 0 Å². The number of rotatable bonds is 7. The van der Waals surface area contributed by atoms with Crippen molar-refractivity contribution in [2.45, 2.75) is 30.1 Å². The molecular formula is C17H15F5OS. The van der Waals surface area contributed by atoms with Gasteiger partial charge in [0.25, 0.3) is 0 Å². The predicted molar refractivity (Wildman–Crippen MR) is 83.4 cm³/mol. The summed E-state index contributed by atoms with van der Waals surface area (Å²) in [5, 5.41) is 0. The van der Waals surface area contributed by atoms with Crippen LogP contribution in [0.3, 0.4) is 0 Å². The first-order valence-corrected chi connectivity index (χ1v) is 7.92. The molecule has 0 aliphatic rings. The van der Waals surface area contributed by atoms with Crippen LogP contribution in [0.15, 0.2) is 53.4 Å². The lowest BCUT2D eigenvalue weighted by molar-refractivity contribution is -0.223. The van der Waals surface area contributed by atoms with Crippen LogP contribution in [0.5, 0.6) is 5.75 Å². The third-order valence-electron chi connectivity index (χ3n) is 3.39. The van der Waals surface area contributed by atoms with Crippen LogP contribution in [0.25, 0.3) is 0 Å². The molecule has 130 valence electrons. The molecule has 2 rings (SSSR count). The smallest absolute Gasteiger partial charge is 0.339 e. The summed E-state index contributed by atoms with van der Waals surface area (Å²) in [6.45, 7) is 2.29. The first kappa shape index (κ1) is 18.6. The Kier molecular flexibility index (Phi) is 5.74. The molecule has 0 fully saturated rings. The van der Waals surface area contributed by atoms with Gasteiger partial charge in [0.1, 0.15) is 5.75 Å². The van der Waals surface area contributed by atoms with Gasteiger partial charge in [0.15, 0.2) is 0 Å². The highest BCUT2D eigenvalue weighted by Crippen LogP contribution is 2.49. The molecular weight excluding hydrogens is 347 g/mol. The predicted octanol–water partition coefficient (Wildman–Crippen LogP) is 6.34. The van der Waals surface area contributed by atoms with E-state index in [9.17, 15) is 21.4 Å². The maximum atomic E-state index is 14.3. The Bertz CT molecular complexity index is 656. The quantitative estimate of drug-likeness (QED) is 0.532. The van der Waals surface area contributed by atoms with E-state index < -0.39 is 23.0 Å². The van der Waals surface area contributed by atoms with Crippen molar-refractivity contribution in [2.75, 3.05) is 6.61 Å². The molecule has 0 amide bonds. The van der Waals surface area contributed by atoms with Crippen LogP contribution >= 0.6 is 12.1 Å². The van der Waals surface area contributed by atoms with Crippen molar-refractivity contribution >= 4 is 12.1 Å². The number of halogens is 5. The number of hydrogen-bond donors (Lipinski definition) is 0. The average molecular weight is 362 g/mol. The Labute approximate surface area is 141 Å². The fourth-order valence-corrected chi connectivity index (χ4v) is 2.30. The van der Waals surface area contributed by atoms with Crippen molar-refractivity contribution in [1.29, 1.82) is 0 Å². The standard InChI is InChI=1S/C17H15F5OS/c1-2-11-23-14-7-3-12(4-8-14)16(18,19)17(20,21)13-5-9-15(24-22)10-6-13/h3-10H,2,11H2,1H3. The second kappa shape index (κ2) is 7.42. The highest BCUT2D eigenvalue weighted by atomic mass is 32.2. The van der Waals surface area contributed by atoms with Crippen LogP contribution in [0.4, 0.5) is 21.4 Å². The SMILES string of the molecule is CCCOc1ccc(C(F)(F)C(F)(F)c2ccc(SF)cc2)cc1. The summed E-state index contributed by atoms with van der Waals surface area (Å²) in [4.78, 5) is 0.0651. The molecule has 0 atom stereocenters. The fraction of sp³-hybridized carbons (Fsp3) is 0.294. The molecule has 2 aromatic carbocycles. The lowest BCUT2D eigenvalue weighted by Crippen LogP contribution is -2.35. The molecule has 0 saturated carbocycles. The summed E-state index contributed by atoms with van der Waals surface area (Å²) in [6.07, 6.45) is 0.739. The normalized spacial score (nSPS) is 12.2. The molecule has 7 heteroatoms. The van der Waals surface area contributed by atoms with E-state index in [4.69, 9.17) is 4.74 Å². The number of benzene rings is 2.